The van der Waals surface area contributed by atoms with Gasteiger partial charge in [0.2, 0.25) is 11.8 Å². The maximum Gasteiger partial charge on any atom is 0.411 e. The molecule has 5 rings (SSSR count). The summed E-state index contributed by atoms with van der Waals surface area (Å²) in [5.74, 6) is 1.26. The van der Waals surface area contributed by atoms with E-state index in [4.69, 9.17) is 37.2 Å². The Morgan fingerprint density at radius 1 is 1.26 bits per heavy atom. The van der Waals surface area contributed by atoms with Crippen molar-refractivity contribution >= 4 is 40.7 Å². The number of hydrogen-bond donors (Lipinski definition) is 2. The quantitative estimate of drug-likeness (QED) is 0.257. The van der Waals surface area contributed by atoms with Crippen LogP contribution in [0.3, 0.4) is 0 Å². The first-order valence-corrected chi connectivity index (χ1v) is 13.6. The molecule has 0 radical (unpaired) electrons. The summed E-state index contributed by atoms with van der Waals surface area (Å²) in [6, 6.07) is 1.74. The molecule has 0 unspecified atom stereocenters. The molecule has 12 heteroatoms. The lowest BCUT2D eigenvalue weighted by atomic mass is 9.83. The van der Waals surface area contributed by atoms with E-state index in [1.807, 2.05) is 6.08 Å². The fourth-order valence-electron chi connectivity index (χ4n) is 5.53. The molecule has 0 aromatic carbocycles. The van der Waals surface area contributed by atoms with Gasteiger partial charge in [-0.2, -0.15) is 4.98 Å². The van der Waals surface area contributed by atoms with E-state index in [-0.39, 0.29) is 18.0 Å². The highest BCUT2D eigenvalue weighted by Crippen LogP contribution is 2.36. The minimum absolute atomic E-state index is 0.0154. The second-order valence-corrected chi connectivity index (χ2v) is 10.8. The summed E-state index contributed by atoms with van der Waals surface area (Å²) in [5, 5.41) is 8.68. The summed E-state index contributed by atoms with van der Waals surface area (Å²) >= 11 is 6.32. The molecule has 1 amide bonds. The number of halogens is 1. The van der Waals surface area contributed by atoms with Gasteiger partial charge in [-0.05, 0) is 37.7 Å². The number of anilines is 1. The van der Waals surface area contributed by atoms with Crippen molar-refractivity contribution in [2.75, 3.05) is 18.1 Å². The molecule has 1 aliphatic carbocycles. The standard InChI is InChI=1S/C27H33ClN8O3/c1-4-20-16(3)35(9-10-38-20)27-34-24-22(36(27)14-17-7-5-15(2)6-8-17)21(18-11-19(28)13-31-12-18)32-25(33-24)23(29)39-26(30)37/h4,11-13,15-17,20,29H,1,5-10,14H2,2-3H3,(H2,30,37)/t15?,16-,17?,20+/m1/s1. The summed E-state index contributed by atoms with van der Waals surface area (Å²) in [5.41, 5.74) is 7.37. The molecule has 1 saturated carbocycles. The fraction of sp³-hybridized carbons (Fsp3) is 0.481. The summed E-state index contributed by atoms with van der Waals surface area (Å²) in [4.78, 5) is 32.0. The van der Waals surface area contributed by atoms with E-state index >= 15 is 0 Å². The number of carbonyl (C=O) groups excluding carboxylic acids is 1. The summed E-state index contributed by atoms with van der Waals surface area (Å²) in [6.07, 6.45) is 8.36. The number of nitrogens with zero attached hydrogens (tertiary/aromatic N) is 6. The molecule has 11 nitrogen and oxygen atoms in total. The van der Waals surface area contributed by atoms with E-state index in [0.717, 1.165) is 31.3 Å². The smallest absolute Gasteiger partial charge is 0.388 e. The summed E-state index contributed by atoms with van der Waals surface area (Å²) in [7, 11) is 0. The maximum atomic E-state index is 11.4. The van der Waals surface area contributed by atoms with Gasteiger partial charge in [-0.3, -0.25) is 10.4 Å². The van der Waals surface area contributed by atoms with Gasteiger partial charge in [0, 0.05) is 31.0 Å². The average molecular weight is 553 g/mol. The number of ether oxygens (including phenoxy) is 2. The number of fused-ring (bicyclic) bond motifs is 1. The number of amides is 1. The van der Waals surface area contributed by atoms with Gasteiger partial charge in [-0.1, -0.05) is 37.4 Å². The van der Waals surface area contributed by atoms with Crippen LogP contribution in [0.4, 0.5) is 10.7 Å². The molecule has 3 aromatic heterocycles. The van der Waals surface area contributed by atoms with E-state index in [2.05, 4.69) is 44.8 Å². The highest BCUT2D eigenvalue weighted by molar-refractivity contribution is 6.30. The predicted molar refractivity (Wildman–Crippen MR) is 149 cm³/mol. The van der Waals surface area contributed by atoms with Crippen LogP contribution >= 0.6 is 11.6 Å². The van der Waals surface area contributed by atoms with E-state index < -0.39 is 12.0 Å². The molecule has 4 heterocycles. The Labute approximate surface area is 231 Å². The molecule has 3 N–H and O–H groups in total. The van der Waals surface area contributed by atoms with Crippen LogP contribution in [-0.4, -0.2) is 61.8 Å². The normalized spacial score (nSPS) is 23.5. The van der Waals surface area contributed by atoms with Gasteiger partial charge in [0.05, 0.1) is 23.8 Å². The van der Waals surface area contributed by atoms with E-state index in [1.165, 1.54) is 12.8 Å². The number of aromatic nitrogens is 5. The lowest BCUT2D eigenvalue weighted by molar-refractivity contribution is 0.0462. The molecule has 0 bridgehead atoms. The molecular weight excluding hydrogens is 520 g/mol. The molecule has 3 aromatic rings. The molecule has 1 saturated heterocycles. The third-order valence-electron chi connectivity index (χ3n) is 7.64. The largest absolute Gasteiger partial charge is 0.411 e. The third kappa shape index (κ3) is 5.60. The Bertz CT molecular complexity index is 1400. The first-order valence-electron chi connectivity index (χ1n) is 13.2. The van der Waals surface area contributed by atoms with Crippen molar-refractivity contribution in [3.8, 4) is 11.3 Å². The van der Waals surface area contributed by atoms with Crippen molar-refractivity contribution in [2.24, 2.45) is 17.6 Å². The fourth-order valence-corrected chi connectivity index (χ4v) is 5.71. The zero-order valence-corrected chi connectivity index (χ0v) is 22.9. The number of rotatable bonds is 6. The van der Waals surface area contributed by atoms with E-state index in [0.29, 0.717) is 46.5 Å². The van der Waals surface area contributed by atoms with Gasteiger partial charge in [0.25, 0.3) is 5.90 Å². The highest BCUT2D eigenvalue weighted by Gasteiger charge is 2.33. The first kappa shape index (κ1) is 27.0. The van der Waals surface area contributed by atoms with Crippen molar-refractivity contribution < 1.29 is 14.3 Å². The number of nitrogens with two attached hydrogens (primary N) is 1. The number of imidazole rings is 1. The van der Waals surface area contributed by atoms with Crippen molar-refractivity contribution in [1.29, 1.82) is 5.41 Å². The van der Waals surface area contributed by atoms with Gasteiger partial charge in [-0.25, -0.2) is 14.8 Å². The zero-order chi connectivity index (χ0) is 27.7. The molecule has 39 heavy (non-hydrogen) atoms. The highest BCUT2D eigenvalue weighted by atomic mass is 35.5. The maximum absolute atomic E-state index is 11.4. The minimum atomic E-state index is -1.12. The Morgan fingerprint density at radius 3 is 2.72 bits per heavy atom. The summed E-state index contributed by atoms with van der Waals surface area (Å²) in [6.45, 7) is 10.3. The average Bonchev–Trinajstić information content (AvgIpc) is 3.27. The van der Waals surface area contributed by atoms with E-state index in [1.54, 1.807) is 18.5 Å². The Hall–Kier alpha value is -3.57. The molecule has 1 aliphatic heterocycles. The van der Waals surface area contributed by atoms with E-state index in [9.17, 15) is 4.79 Å². The van der Waals surface area contributed by atoms with Crippen molar-refractivity contribution in [3.63, 3.8) is 0 Å². The molecule has 0 spiro atoms. The second kappa shape index (κ2) is 11.3. The minimum Gasteiger partial charge on any atom is -0.388 e. The predicted octanol–water partition coefficient (Wildman–Crippen LogP) is 4.57. The number of nitrogens with one attached hydrogen (secondary N) is 1. The second-order valence-electron chi connectivity index (χ2n) is 10.4. The Kier molecular flexibility index (Phi) is 7.81. The van der Waals surface area contributed by atoms with Crippen LogP contribution in [-0.2, 0) is 16.0 Å². The number of primary amides is 1. The van der Waals surface area contributed by atoms with Gasteiger partial charge in [-0.15, -0.1) is 6.58 Å². The molecule has 2 fully saturated rings. The first-order chi connectivity index (χ1) is 18.7. The van der Waals surface area contributed by atoms with Crippen LogP contribution in [0.2, 0.25) is 5.02 Å². The van der Waals surface area contributed by atoms with Crippen LogP contribution < -0.4 is 10.6 Å². The Morgan fingerprint density at radius 2 is 2.03 bits per heavy atom. The van der Waals surface area contributed by atoms with Crippen LogP contribution in [0.15, 0.2) is 31.1 Å². The SMILES string of the molecule is C=C[C@@H]1OCCN(c2nc3nc(C(=N)OC(N)=O)nc(-c4cncc(Cl)c4)c3n2CC2CCC(C)CC2)[C@@H]1C. The molecule has 206 valence electrons. The summed E-state index contributed by atoms with van der Waals surface area (Å²) < 4.78 is 12.9. The van der Waals surface area contributed by atoms with Gasteiger partial charge < -0.3 is 24.7 Å². The van der Waals surface area contributed by atoms with Crippen LogP contribution in [0.5, 0.6) is 0 Å². The monoisotopic (exact) mass is 552 g/mol. The molecular formula is C27H33ClN8O3. The van der Waals surface area contributed by atoms with Crippen molar-refractivity contribution in [2.45, 2.75) is 58.2 Å². The van der Waals surface area contributed by atoms with Crippen LogP contribution in [0, 0.1) is 17.2 Å². The topological polar surface area (TPSA) is 145 Å². The lowest BCUT2D eigenvalue weighted by Crippen LogP contribution is -2.50. The van der Waals surface area contributed by atoms with Gasteiger partial charge in [0.1, 0.15) is 11.2 Å². The molecule has 2 aliphatic rings. The number of hydrogen-bond acceptors (Lipinski definition) is 9. The zero-order valence-electron chi connectivity index (χ0n) is 22.1. The Balaban J connectivity index is 1.72. The lowest BCUT2D eigenvalue weighted by Gasteiger charge is -2.39. The van der Waals surface area contributed by atoms with Gasteiger partial charge >= 0.3 is 6.09 Å². The number of morpholine rings is 1. The van der Waals surface area contributed by atoms with Crippen LogP contribution in [0.25, 0.3) is 22.4 Å². The third-order valence-corrected chi connectivity index (χ3v) is 7.85. The van der Waals surface area contributed by atoms with Crippen LogP contribution in [0.1, 0.15) is 45.4 Å². The van der Waals surface area contributed by atoms with Crippen molar-refractivity contribution in [1.82, 2.24) is 24.5 Å². The van der Waals surface area contributed by atoms with Gasteiger partial charge in [0.15, 0.2) is 5.65 Å². The number of carbonyl (C=O) groups is 1. The number of pyridine rings is 1. The van der Waals surface area contributed by atoms with Crippen molar-refractivity contribution in [3.05, 3.63) is 42.0 Å². The molecule has 2 atom stereocenters.